The van der Waals surface area contributed by atoms with Gasteiger partial charge in [-0.15, -0.1) is 0 Å². The second-order valence-corrected chi connectivity index (χ2v) is 5.71. The molecular formula is C16H22N4O3. The van der Waals surface area contributed by atoms with E-state index in [1.807, 2.05) is 19.0 Å². The molecule has 1 fully saturated rings. The van der Waals surface area contributed by atoms with Crippen LogP contribution in [0, 0.1) is 0 Å². The zero-order valence-electron chi connectivity index (χ0n) is 13.5. The summed E-state index contributed by atoms with van der Waals surface area (Å²) in [4.78, 5) is 38.7. The monoisotopic (exact) mass is 318 g/mol. The molecule has 1 heterocycles. The van der Waals surface area contributed by atoms with Crippen LogP contribution in [-0.4, -0.2) is 56.4 Å². The normalized spacial score (nSPS) is 14.2. The Morgan fingerprint density at radius 3 is 2.43 bits per heavy atom. The molecule has 1 aliphatic rings. The molecule has 0 unspecified atom stereocenters. The van der Waals surface area contributed by atoms with E-state index in [2.05, 4.69) is 10.6 Å². The Balaban J connectivity index is 1.86. The topological polar surface area (TPSA) is 81.8 Å². The van der Waals surface area contributed by atoms with Crippen LogP contribution in [0.3, 0.4) is 0 Å². The fourth-order valence-corrected chi connectivity index (χ4v) is 2.31. The molecule has 23 heavy (non-hydrogen) atoms. The first-order valence-electron chi connectivity index (χ1n) is 7.61. The summed E-state index contributed by atoms with van der Waals surface area (Å²) in [6.45, 7) is 1.80. The molecule has 1 aromatic carbocycles. The van der Waals surface area contributed by atoms with Crippen molar-refractivity contribution in [2.75, 3.05) is 43.9 Å². The Morgan fingerprint density at radius 2 is 1.87 bits per heavy atom. The lowest BCUT2D eigenvalue weighted by molar-refractivity contribution is -0.136. The van der Waals surface area contributed by atoms with E-state index in [9.17, 15) is 14.4 Å². The van der Waals surface area contributed by atoms with Gasteiger partial charge in [-0.2, -0.15) is 0 Å². The van der Waals surface area contributed by atoms with Crippen molar-refractivity contribution in [1.29, 1.82) is 0 Å². The van der Waals surface area contributed by atoms with Crippen LogP contribution >= 0.6 is 0 Å². The number of anilines is 2. The van der Waals surface area contributed by atoms with Gasteiger partial charge in [0.15, 0.2) is 0 Å². The molecule has 0 aliphatic carbocycles. The quantitative estimate of drug-likeness (QED) is 0.772. The van der Waals surface area contributed by atoms with Crippen LogP contribution in [0.5, 0.6) is 0 Å². The van der Waals surface area contributed by atoms with Gasteiger partial charge in [0.2, 0.25) is 5.91 Å². The van der Waals surface area contributed by atoms with Crippen LogP contribution < -0.4 is 15.5 Å². The minimum Gasteiger partial charge on any atom is -0.347 e. The summed E-state index contributed by atoms with van der Waals surface area (Å²) in [6.07, 6.45) is 1.44. The summed E-state index contributed by atoms with van der Waals surface area (Å²) >= 11 is 0. The Morgan fingerprint density at radius 1 is 1.17 bits per heavy atom. The van der Waals surface area contributed by atoms with E-state index >= 15 is 0 Å². The second kappa shape index (κ2) is 7.73. The van der Waals surface area contributed by atoms with Crippen LogP contribution in [0.1, 0.15) is 12.8 Å². The van der Waals surface area contributed by atoms with E-state index < -0.39 is 11.8 Å². The van der Waals surface area contributed by atoms with E-state index in [4.69, 9.17) is 0 Å². The molecule has 3 amide bonds. The summed E-state index contributed by atoms with van der Waals surface area (Å²) < 4.78 is 0. The largest absolute Gasteiger partial charge is 0.347 e. The second-order valence-electron chi connectivity index (χ2n) is 5.71. The first kappa shape index (κ1) is 17.0. The van der Waals surface area contributed by atoms with Crippen LogP contribution in [-0.2, 0) is 14.4 Å². The zero-order chi connectivity index (χ0) is 16.8. The van der Waals surface area contributed by atoms with Crippen molar-refractivity contribution < 1.29 is 14.4 Å². The van der Waals surface area contributed by atoms with Crippen molar-refractivity contribution in [3.05, 3.63) is 24.3 Å². The summed E-state index contributed by atoms with van der Waals surface area (Å²) in [5.41, 5.74) is 1.33. The van der Waals surface area contributed by atoms with Gasteiger partial charge in [0.05, 0.1) is 0 Å². The molecule has 0 bridgehead atoms. The number of nitrogens with one attached hydrogen (secondary N) is 2. The van der Waals surface area contributed by atoms with Crippen LogP contribution in [0.25, 0.3) is 0 Å². The van der Waals surface area contributed by atoms with E-state index in [0.29, 0.717) is 25.2 Å². The maximum atomic E-state index is 11.8. The summed E-state index contributed by atoms with van der Waals surface area (Å²) in [5, 5.41) is 5.09. The Bertz CT molecular complexity index is 583. The van der Waals surface area contributed by atoms with Crippen LogP contribution in [0.15, 0.2) is 24.3 Å². The average molecular weight is 318 g/mol. The highest BCUT2D eigenvalue weighted by molar-refractivity contribution is 6.39. The maximum absolute atomic E-state index is 11.8. The molecule has 2 rings (SSSR count). The summed E-state index contributed by atoms with van der Waals surface area (Å²) in [5.74, 6) is -1.25. The number of benzene rings is 1. The molecule has 1 saturated heterocycles. The molecule has 0 aromatic heterocycles. The van der Waals surface area contributed by atoms with Gasteiger partial charge in [0, 0.05) is 37.4 Å². The van der Waals surface area contributed by atoms with Crippen molar-refractivity contribution in [2.45, 2.75) is 12.8 Å². The number of hydrogen-bond acceptors (Lipinski definition) is 4. The van der Waals surface area contributed by atoms with Gasteiger partial charge in [-0.05, 0) is 44.8 Å². The van der Waals surface area contributed by atoms with Gasteiger partial charge in [-0.25, -0.2) is 0 Å². The highest BCUT2D eigenvalue weighted by Gasteiger charge is 2.21. The van der Waals surface area contributed by atoms with E-state index in [-0.39, 0.29) is 5.91 Å². The van der Waals surface area contributed by atoms with Crippen molar-refractivity contribution in [3.63, 3.8) is 0 Å². The summed E-state index contributed by atoms with van der Waals surface area (Å²) in [6, 6.07) is 6.91. The third-order valence-electron chi connectivity index (χ3n) is 3.56. The Hall–Kier alpha value is -2.41. The van der Waals surface area contributed by atoms with Crippen molar-refractivity contribution in [3.8, 4) is 0 Å². The number of carbonyl (C=O) groups excluding carboxylic acids is 3. The van der Waals surface area contributed by atoms with Crippen LogP contribution in [0.2, 0.25) is 0 Å². The standard InChI is InChI=1S/C16H22N4O3/c1-19(2)11-9-17-15(22)16(23)18-12-5-7-13(8-6-12)20-10-3-4-14(20)21/h5-8H,3-4,9-11H2,1-2H3,(H,17,22)(H,18,23). The predicted molar refractivity (Wildman–Crippen MR) is 88.2 cm³/mol. The molecule has 124 valence electrons. The maximum Gasteiger partial charge on any atom is 0.313 e. The van der Waals surface area contributed by atoms with E-state index in [0.717, 1.165) is 18.7 Å². The molecule has 0 saturated carbocycles. The number of amides is 3. The van der Waals surface area contributed by atoms with E-state index in [1.165, 1.54) is 0 Å². The lowest BCUT2D eigenvalue weighted by Gasteiger charge is -2.16. The highest BCUT2D eigenvalue weighted by atomic mass is 16.2. The number of carbonyl (C=O) groups is 3. The van der Waals surface area contributed by atoms with E-state index in [1.54, 1.807) is 29.2 Å². The fourth-order valence-electron chi connectivity index (χ4n) is 2.31. The molecule has 1 aromatic rings. The molecule has 1 aliphatic heterocycles. The molecule has 0 radical (unpaired) electrons. The SMILES string of the molecule is CN(C)CCNC(=O)C(=O)Nc1ccc(N2CCCC2=O)cc1. The van der Waals surface area contributed by atoms with Crippen molar-refractivity contribution in [2.24, 2.45) is 0 Å². The number of nitrogens with zero attached hydrogens (tertiary/aromatic N) is 2. The minimum atomic E-state index is -0.700. The van der Waals surface area contributed by atoms with Gasteiger partial charge in [-0.1, -0.05) is 0 Å². The number of likely N-dealkylation sites (N-methyl/N-ethyl adjacent to an activating group) is 1. The third-order valence-corrected chi connectivity index (χ3v) is 3.56. The first-order chi connectivity index (χ1) is 11.0. The van der Waals surface area contributed by atoms with Gasteiger partial charge in [-0.3, -0.25) is 14.4 Å². The average Bonchev–Trinajstić information content (AvgIpc) is 2.93. The zero-order valence-corrected chi connectivity index (χ0v) is 13.5. The number of hydrogen-bond donors (Lipinski definition) is 2. The molecule has 7 heteroatoms. The molecular weight excluding hydrogens is 296 g/mol. The third kappa shape index (κ3) is 4.79. The van der Waals surface area contributed by atoms with Crippen LogP contribution in [0.4, 0.5) is 11.4 Å². The molecule has 7 nitrogen and oxygen atoms in total. The molecule has 2 N–H and O–H groups in total. The first-order valence-corrected chi connectivity index (χ1v) is 7.61. The van der Waals surface area contributed by atoms with Gasteiger partial charge < -0.3 is 20.4 Å². The van der Waals surface area contributed by atoms with Gasteiger partial charge in [0.1, 0.15) is 0 Å². The molecule has 0 atom stereocenters. The highest BCUT2D eigenvalue weighted by Crippen LogP contribution is 2.22. The Kier molecular flexibility index (Phi) is 5.70. The minimum absolute atomic E-state index is 0.113. The van der Waals surface area contributed by atoms with Crippen molar-refractivity contribution in [1.82, 2.24) is 10.2 Å². The van der Waals surface area contributed by atoms with Gasteiger partial charge in [0.25, 0.3) is 0 Å². The Labute approximate surface area is 135 Å². The predicted octanol–water partition coefficient (Wildman–Crippen LogP) is 0.430. The fraction of sp³-hybridized carbons (Fsp3) is 0.438. The molecule has 0 spiro atoms. The smallest absolute Gasteiger partial charge is 0.313 e. The summed E-state index contributed by atoms with van der Waals surface area (Å²) in [7, 11) is 3.78. The lowest BCUT2D eigenvalue weighted by atomic mass is 10.2. The van der Waals surface area contributed by atoms with Gasteiger partial charge >= 0.3 is 11.8 Å². The lowest BCUT2D eigenvalue weighted by Crippen LogP contribution is -2.38. The number of rotatable bonds is 5. The van der Waals surface area contributed by atoms with Crippen molar-refractivity contribution >= 4 is 29.1 Å².